The number of nitrogens with two attached hydrogens (primary N) is 1. The molecule has 0 fully saturated rings. The Hall–Kier alpha value is -1.53. The van der Waals surface area contributed by atoms with E-state index in [2.05, 4.69) is 4.74 Å². The maximum atomic E-state index is 12.9. The van der Waals surface area contributed by atoms with Gasteiger partial charge in [0.2, 0.25) is 0 Å². The number of carbonyl (C=O) groups excluding carboxylic acids is 1. The number of esters is 1. The van der Waals surface area contributed by atoms with Gasteiger partial charge >= 0.3 is 5.97 Å². The quantitative estimate of drug-likeness (QED) is 0.743. The van der Waals surface area contributed by atoms with Gasteiger partial charge in [-0.1, -0.05) is 6.07 Å². The molecule has 0 saturated heterocycles. The lowest BCUT2D eigenvalue weighted by Gasteiger charge is -2.16. The molecule has 2 atom stereocenters. The zero-order valence-corrected chi connectivity index (χ0v) is 8.48. The van der Waals surface area contributed by atoms with Crippen molar-refractivity contribution in [2.24, 2.45) is 5.73 Å². The third-order valence-corrected chi connectivity index (χ3v) is 2.11. The van der Waals surface area contributed by atoms with Crippen LogP contribution in [-0.4, -0.2) is 24.3 Å². The lowest BCUT2D eigenvalue weighted by Crippen LogP contribution is -2.34. The third-order valence-electron chi connectivity index (χ3n) is 2.11. The van der Waals surface area contributed by atoms with E-state index in [0.29, 0.717) is 0 Å². The van der Waals surface area contributed by atoms with Crippen molar-refractivity contribution in [3.63, 3.8) is 0 Å². The van der Waals surface area contributed by atoms with E-state index < -0.39 is 29.7 Å². The Morgan fingerprint density at radius 3 is 2.56 bits per heavy atom. The van der Waals surface area contributed by atoms with Gasteiger partial charge in [0.1, 0.15) is 0 Å². The molecule has 0 aliphatic carbocycles. The van der Waals surface area contributed by atoms with Crippen molar-refractivity contribution < 1.29 is 23.4 Å². The average Bonchev–Trinajstić information content (AvgIpc) is 2.29. The second kappa shape index (κ2) is 5.00. The van der Waals surface area contributed by atoms with Crippen molar-refractivity contribution in [1.29, 1.82) is 0 Å². The summed E-state index contributed by atoms with van der Waals surface area (Å²) < 4.78 is 29.7. The molecule has 1 aromatic rings. The van der Waals surface area contributed by atoms with Crippen LogP contribution in [0.4, 0.5) is 8.78 Å². The number of hydrogen-bond donors (Lipinski definition) is 2. The van der Waals surface area contributed by atoms with Crippen LogP contribution in [0.2, 0.25) is 0 Å². The summed E-state index contributed by atoms with van der Waals surface area (Å²) in [6, 6.07) is 1.72. The molecule has 0 heterocycles. The fraction of sp³-hybridized carbons (Fsp3) is 0.300. The standard InChI is InChI=1S/C10H11F2NO3/c1-16-10(15)9(14)8(13)5-2-3-6(11)7(12)4-5/h2-4,8-9,14H,13H2,1H3/t8-,9+/m0/s1. The van der Waals surface area contributed by atoms with Crippen LogP contribution in [0.15, 0.2) is 18.2 Å². The molecule has 3 N–H and O–H groups in total. The van der Waals surface area contributed by atoms with E-state index >= 15 is 0 Å². The molecule has 1 rings (SSSR count). The van der Waals surface area contributed by atoms with E-state index in [1.54, 1.807) is 0 Å². The Morgan fingerprint density at radius 1 is 1.44 bits per heavy atom. The van der Waals surface area contributed by atoms with Gasteiger partial charge in [0.25, 0.3) is 0 Å². The molecule has 0 aliphatic heterocycles. The molecule has 0 bridgehead atoms. The summed E-state index contributed by atoms with van der Waals surface area (Å²) in [6.45, 7) is 0. The molecule has 0 aromatic heterocycles. The number of benzene rings is 1. The summed E-state index contributed by atoms with van der Waals surface area (Å²) >= 11 is 0. The SMILES string of the molecule is COC(=O)[C@H](O)[C@@H](N)c1ccc(F)c(F)c1. The van der Waals surface area contributed by atoms with Gasteiger partial charge in [0.15, 0.2) is 17.7 Å². The molecule has 0 aliphatic rings. The normalized spacial score (nSPS) is 14.3. The minimum Gasteiger partial charge on any atom is -0.467 e. The van der Waals surface area contributed by atoms with Crippen molar-refractivity contribution in [2.75, 3.05) is 7.11 Å². The summed E-state index contributed by atoms with van der Waals surface area (Å²) in [7, 11) is 1.09. The Bertz CT molecular complexity index is 398. The van der Waals surface area contributed by atoms with E-state index in [1.165, 1.54) is 6.07 Å². The van der Waals surface area contributed by atoms with E-state index in [0.717, 1.165) is 19.2 Å². The molecular formula is C10H11F2NO3. The average molecular weight is 231 g/mol. The van der Waals surface area contributed by atoms with Gasteiger partial charge in [0.05, 0.1) is 13.2 Å². The zero-order valence-electron chi connectivity index (χ0n) is 8.48. The van der Waals surface area contributed by atoms with Crippen molar-refractivity contribution in [2.45, 2.75) is 12.1 Å². The van der Waals surface area contributed by atoms with Crippen molar-refractivity contribution in [3.05, 3.63) is 35.4 Å². The van der Waals surface area contributed by atoms with Crippen LogP contribution >= 0.6 is 0 Å². The molecular weight excluding hydrogens is 220 g/mol. The van der Waals surface area contributed by atoms with Gasteiger partial charge in [0, 0.05) is 0 Å². The smallest absolute Gasteiger partial charge is 0.336 e. The molecule has 0 unspecified atom stereocenters. The Balaban J connectivity index is 2.91. The zero-order chi connectivity index (χ0) is 12.3. The van der Waals surface area contributed by atoms with Gasteiger partial charge in [-0.05, 0) is 17.7 Å². The summed E-state index contributed by atoms with van der Waals surface area (Å²) in [5.41, 5.74) is 5.60. The van der Waals surface area contributed by atoms with Crippen LogP contribution in [0, 0.1) is 11.6 Å². The maximum absolute atomic E-state index is 12.9. The van der Waals surface area contributed by atoms with Crippen LogP contribution in [0.25, 0.3) is 0 Å². The Kier molecular flexibility index (Phi) is 3.92. The van der Waals surface area contributed by atoms with Crippen LogP contribution < -0.4 is 5.73 Å². The predicted octanol–water partition coefficient (Wildman–Crippen LogP) is 0.499. The molecule has 6 heteroatoms. The first-order valence-corrected chi connectivity index (χ1v) is 4.43. The van der Waals surface area contributed by atoms with E-state index in [9.17, 15) is 18.7 Å². The summed E-state index contributed by atoms with van der Waals surface area (Å²) in [5.74, 6) is -3.05. The lowest BCUT2D eigenvalue weighted by atomic mass is 10.0. The molecule has 4 nitrogen and oxygen atoms in total. The highest BCUT2D eigenvalue weighted by molar-refractivity contribution is 5.75. The van der Waals surface area contributed by atoms with Crippen molar-refractivity contribution in [3.8, 4) is 0 Å². The molecule has 1 aromatic carbocycles. The largest absolute Gasteiger partial charge is 0.467 e. The second-order valence-electron chi connectivity index (χ2n) is 3.17. The van der Waals surface area contributed by atoms with Gasteiger partial charge in [-0.15, -0.1) is 0 Å². The van der Waals surface area contributed by atoms with Crippen molar-refractivity contribution >= 4 is 5.97 Å². The number of aliphatic hydroxyl groups is 1. The fourth-order valence-corrected chi connectivity index (χ4v) is 1.17. The number of aliphatic hydroxyl groups excluding tert-OH is 1. The minimum atomic E-state index is -1.62. The van der Waals surface area contributed by atoms with Crippen LogP contribution in [0.3, 0.4) is 0 Å². The third kappa shape index (κ3) is 2.53. The number of rotatable bonds is 3. The number of carbonyl (C=O) groups is 1. The highest BCUT2D eigenvalue weighted by Crippen LogP contribution is 2.17. The van der Waals surface area contributed by atoms with E-state index in [1.807, 2.05) is 0 Å². The Morgan fingerprint density at radius 2 is 2.06 bits per heavy atom. The van der Waals surface area contributed by atoms with Crippen molar-refractivity contribution in [1.82, 2.24) is 0 Å². The number of ether oxygens (including phenoxy) is 1. The van der Waals surface area contributed by atoms with Crippen LogP contribution in [0.1, 0.15) is 11.6 Å². The summed E-state index contributed by atoms with van der Waals surface area (Å²) in [4.78, 5) is 11.0. The highest BCUT2D eigenvalue weighted by atomic mass is 19.2. The molecule has 0 amide bonds. The van der Waals surface area contributed by atoms with E-state index in [4.69, 9.17) is 5.73 Å². The highest BCUT2D eigenvalue weighted by Gasteiger charge is 2.25. The topological polar surface area (TPSA) is 72.5 Å². The summed E-state index contributed by atoms with van der Waals surface area (Å²) in [6.07, 6.45) is -1.62. The molecule has 16 heavy (non-hydrogen) atoms. The number of hydrogen-bond acceptors (Lipinski definition) is 4. The van der Waals surface area contributed by atoms with Gasteiger partial charge in [-0.25, -0.2) is 13.6 Å². The molecule has 0 spiro atoms. The first kappa shape index (κ1) is 12.5. The first-order valence-electron chi connectivity index (χ1n) is 4.43. The molecule has 0 saturated carbocycles. The van der Waals surface area contributed by atoms with Gasteiger partial charge in [-0.3, -0.25) is 0 Å². The molecule has 88 valence electrons. The first-order chi connectivity index (χ1) is 7.47. The van der Waals surface area contributed by atoms with Gasteiger partial charge < -0.3 is 15.6 Å². The Labute approximate surface area is 90.6 Å². The number of methoxy groups -OCH3 is 1. The van der Waals surface area contributed by atoms with E-state index in [-0.39, 0.29) is 5.56 Å². The lowest BCUT2D eigenvalue weighted by molar-refractivity contribution is -0.151. The van der Waals surface area contributed by atoms with Gasteiger partial charge in [-0.2, -0.15) is 0 Å². The van der Waals surface area contributed by atoms with Crippen LogP contribution in [0.5, 0.6) is 0 Å². The summed E-state index contributed by atoms with van der Waals surface area (Å²) in [5, 5.41) is 9.38. The minimum absolute atomic E-state index is 0.108. The number of halogens is 2. The monoisotopic (exact) mass is 231 g/mol. The fourth-order valence-electron chi connectivity index (χ4n) is 1.17. The maximum Gasteiger partial charge on any atom is 0.336 e. The second-order valence-corrected chi connectivity index (χ2v) is 3.17. The molecule has 0 radical (unpaired) electrons. The predicted molar refractivity (Wildman–Crippen MR) is 51.3 cm³/mol. The van der Waals surface area contributed by atoms with Crippen LogP contribution in [-0.2, 0) is 9.53 Å².